The molecule has 1 aromatic heterocycles. The van der Waals surface area contributed by atoms with Crippen molar-refractivity contribution in [3.8, 4) is 6.07 Å². The molecule has 5 nitrogen and oxygen atoms in total. The Labute approximate surface area is 157 Å². The van der Waals surface area contributed by atoms with E-state index in [9.17, 15) is 19.2 Å². The number of nitrogens with zero attached hydrogens (tertiary/aromatic N) is 2. The molecule has 1 aliphatic rings. The highest BCUT2D eigenvalue weighted by Gasteiger charge is 2.33. The summed E-state index contributed by atoms with van der Waals surface area (Å²) in [5.41, 5.74) is 0.452. The summed E-state index contributed by atoms with van der Waals surface area (Å²) < 4.78 is 14.6. The van der Waals surface area contributed by atoms with E-state index in [-0.39, 0.29) is 17.5 Å². The molecule has 1 N–H and O–H groups in total. The van der Waals surface area contributed by atoms with Gasteiger partial charge in [-0.15, -0.1) is 0 Å². The molecule has 6 heteroatoms. The molecule has 140 valence electrons. The van der Waals surface area contributed by atoms with Crippen LogP contribution >= 0.6 is 0 Å². The second kappa shape index (κ2) is 6.99. The maximum atomic E-state index is 14.6. The molecule has 1 fully saturated rings. The Hall–Kier alpha value is -2.94. The van der Waals surface area contributed by atoms with Crippen LogP contribution in [0.2, 0.25) is 0 Å². The molecule has 1 aliphatic heterocycles. The SMILES string of the molecule is Cc1ccc(C(=O)N2CCC[C@@H]2c2ccc(C(C)(C)C#N)c(F)c2)c(=O)[nH]1. The Morgan fingerprint density at radius 3 is 2.70 bits per heavy atom. The van der Waals surface area contributed by atoms with Crippen LogP contribution in [-0.4, -0.2) is 22.3 Å². The van der Waals surface area contributed by atoms with Gasteiger partial charge < -0.3 is 9.88 Å². The summed E-state index contributed by atoms with van der Waals surface area (Å²) in [4.78, 5) is 29.3. The number of amides is 1. The predicted octanol–water partition coefficient (Wildman–Crippen LogP) is 3.60. The summed E-state index contributed by atoms with van der Waals surface area (Å²) >= 11 is 0. The minimum atomic E-state index is -0.928. The van der Waals surface area contributed by atoms with E-state index in [0.717, 1.165) is 6.42 Å². The van der Waals surface area contributed by atoms with Gasteiger partial charge >= 0.3 is 0 Å². The maximum Gasteiger partial charge on any atom is 0.260 e. The van der Waals surface area contributed by atoms with Crippen LogP contribution in [0, 0.1) is 24.1 Å². The van der Waals surface area contributed by atoms with Gasteiger partial charge in [0.05, 0.1) is 17.5 Å². The minimum Gasteiger partial charge on any atom is -0.331 e. The molecular formula is C21H22FN3O2. The zero-order chi connectivity index (χ0) is 19.8. The van der Waals surface area contributed by atoms with E-state index in [1.807, 2.05) is 0 Å². The number of pyridine rings is 1. The first-order valence-electron chi connectivity index (χ1n) is 8.96. The zero-order valence-electron chi connectivity index (χ0n) is 15.7. The van der Waals surface area contributed by atoms with Gasteiger partial charge in [-0.05, 0) is 57.4 Å². The number of hydrogen-bond acceptors (Lipinski definition) is 3. The number of halogens is 1. The summed E-state index contributed by atoms with van der Waals surface area (Å²) in [6.45, 7) is 5.60. The molecule has 1 atom stereocenters. The van der Waals surface area contributed by atoms with E-state index in [0.29, 0.717) is 29.8 Å². The van der Waals surface area contributed by atoms with E-state index in [4.69, 9.17) is 0 Å². The van der Waals surface area contributed by atoms with Gasteiger partial charge in [0.1, 0.15) is 11.4 Å². The van der Waals surface area contributed by atoms with Gasteiger partial charge in [-0.3, -0.25) is 9.59 Å². The van der Waals surface area contributed by atoms with Crippen molar-refractivity contribution < 1.29 is 9.18 Å². The third kappa shape index (κ3) is 3.50. The molecule has 0 radical (unpaired) electrons. The van der Waals surface area contributed by atoms with E-state index in [2.05, 4.69) is 11.1 Å². The number of carbonyl (C=O) groups excluding carboxylic acids is 1. The average Bonchev–Trinajstić information content (AvgIpc) is 3.10. The Kier molecular flexibility index (Phi) is 4.88. The van der Waals surface area contributed by atoms with Gasteiger partial charge in [0, 0.05) is 17.8 Å². The van der Waals surface area contributed by atoms with Crippen LogP contribution in [0.4, 0.5) is 4.39 Å². The van der Waals surface area contributed by atoms with Crippen molar-refractivity contribution in [2.45, 2.75) is 45.1 Å². The standard InChI is InChI=1S/C21H22FN3O2/c1-13-6-8-15(19(26)24-13)20(27)25-10-4-5-18(25)14-7-9-16(17(22)11-14)21(2,3)12-23/h6-9,11,18H,4-5,10H2,1-3H3,(H,24,26)/t18-/m1/s1. The number of aromatic amines is 1. The molecule has 0 bridgehead atoms. The Morgan fingerprint density at radius 1 is 1.33 bits per heavy atom. The quantitative estimate of drug-likeness (QED) is 0.900. The predicted molar refractivity (Wildman–Crippen MR) is 99.9 cm³/mol. The lowest BCUT2D eigenvalue weighted by Crippen LogP contribution is -2.34. The highest BCUT2D eigenvalue weighted by molar-refractivity contribution is 5.94. The van der Waals surface area contributed by atoms with Gasteiger partial charge in [-0.25, -0.2) is 4.39 Å². The molecule has 0 saturated carbocycles. The third-order valence-corrected chi connectivity index (χ3v) is 5.13. The summed E-state index contributed by atoms with van der Waals surface area (Å²) in [6, 6.07) is 9.84. The van der Waals surface area contributed by atoms with E-state index in [1.165, 1.54) is 12.1 Å². The molecule has 0 aliphatic carbocycles. The maximum absolute atomic E-state index is 14.6. The summed E-state index contributed by atoms with van der Waals surface area (Å²) in [6.07, 6.45) is 1.49. The van der Waals surface area contributed by atoms with Gasteiger partial charge in [0.2, 0.25) is 0 Å². The molecule has 1 saturated heterocycles. The van der Waals surface area contributed by atoms with Gasteiger partial charge in [0.15, 0.2) is 0 Å². The summed E-state index contributed by atoms with van der Waals surface area (Å²) in [5.74, 6) is -0.799. The number of likely N-dealkylation sites (tertiary alicyclic amines) is 1. The normalized spacial score (nSPS) is 17.0. The fourth-order valence-corrected chi connectivity index (χ4v) is 3.56. The number of H-pyrrole nitrogens is 1. The van der Waals surface area contributed by atoms with Crippen molar-refractivity contribution in [3.05, 3.63) is 68.9 Å². The summed E-state index contributed by atoms with van der Waals surface area (Å²) in [5, 5.41) is 9.24. The van der Waals surface area contributed by atoms with Crippen molar-refractivity contribution in [3.63, 3.8) is 0 Å². The van der Waals surface area contributed by atoms with E-state index >= 15 is 0 Å². The number of aryl methyl sites for hydroxylation is 1. The number of carbonyl (C=O) groups is 1. The van der Waals surface area contributed by atoms with Crippen molar-refractivity contribution in [2.24, 2.45) is 0 Å². The van der Waals surface area contributed by atoms with E-state index in [1.54, 1.807) is 43.9 Å². The largest absolute Gasteiger partial charge is 0.331 e. The van der Waals surface area contributed by atoms with Crippen LogP contribution in [0.5, 0.6) is 0 Å². The first-order valence-corrected chi connectivity index (χ1v) is 8.96. The average molecular weight is 367 g/mol. The molecular weight excluding hydrogens is 345 g/mol. The number of benzene rings is 1. The van der Waals surface area contributed by atoms with Gasteiger partial charge in [0.25, 0.3) is 11.5 Å². The van der Waals surface area contributed by atoms with Crippen LogP contribution in [0.3, 0.4) is 0 Å². The van der Waals surface area contributed by atoms with Crippen LogP contribution in [0.25, 0.3) is 0 Å². The minimum absolute atomic E-state index is 0.0928. The van der Waals surface area contributed by atoms with Crippen molar-refractivity contribution in [1.82, 2.24) is 9.88 Å². The number of hydrogen-bond donors (Lipinski definition) is 1. The number of nitriles is 1. The van der Waals surface area contributed by atoms with Crippen molar-refractivity contribution >= 4 is 5.91 Å². The topological polar surface area (TPSA) is 77.0 Å². The second-order valence-electron chi connectivity index (χ2n) is 7.52. The van der Waals surface area contributed by atoms with Crippen LogP contribution < -0.4 is 5.56 Å². The number of nitrogens with one attached hydrogen (secondary N) is 1. The number of aromatic nitrogens is 1. The molecule has 0 unspecified atom stereocenters. The van der Waals surface area contributed by atoms with Crippen molar-refractivity contribution in [1.29, 1.82) is 5.26 Å². The fourth-order valence-electron chi connectivity index (χ4n) is 3.56. The van der Waals surface area contributed by atoms with Crippen LogP contribution in [-0.2, 0) is 5.41 Å². The molecule has 1 amide bonds. The first kappa shape index (κ1) is 18.8. The second-order valence-corrected chi connectivity index (χ2v) is 7.52. The van der Waals surface area contributed by atoms with E-state index < -0.39 is 16.8 Å². The molecule has 27 heavy (non-hydrogen) atoms. The smallest absolute Gasteiger partial charge is 0.260 e. The van der Waals surface area contributed by atoms with Crippen LogP contribution in [0.15, 0.2) is 35.1 Å². The number of rotatable bonds is 3. The Morgan fingerprint density at radius 2 is 2.07 bits per heavy atom. The van der Waals surface area contributed by atoms with Gasteiger partial charge in [-0.2, -0.15) is 5.26 Å². The van der Waals surface area contributed by atoms with Crippen molar-refractivity contribution in [2.75, 3.05) is 6.54 Å². The van der Waals surface area contributed by atoms with Gasteiger partial charge in [-0.1, -0.05) is 12.1 Å². The molecule has 2 heterocycles. The Balaban J connectivity index is 1.93. The molecule has 3 rings (SSSR count). The monoisotopic (exact) mass is 367 g/mol. The highest BCUT2D eigenvalue weighted by Crippen LogP contribution is 2.35. The fraction of sp³-hybridized carbons (Fsp3) is 0.381. The lowest BCUT2D eigenvalue weighted by molar-refractivity contribution is 0.0733. The molecule has 0 spiro atoms. The zero-order valence-corrected chi connectivity index (χ0v) is 15.7. The lowest BCUT2D eigenvalue weighted by atomic mass is 9.85. The Bertz CT molecular complexity index is 988. The first-order chi connectivity index (χ1) is 12.7. The third-order valence-electron chi connectivity index (χ3n) is 5.13. The highest BCUT2D eigenvalue weighted by atomic mass is 19.1. The molecule has 2 aromatic rings. The molecule has 1 aromatic carbocycles. The van der Waals surface area contributed by atoms with Crippen LogP contribution in [0.1, 0.15) is 59.9 Å². The lowest BCUT2D eigenvalue weighted by Gasteiger charge is -2.26. The summed E-state index contributed by atoms with van der Waals surface area (Å²) in [7, 11) is 0.